The third kappa shape index (κ3) is 15.7. The molecule has 0 aromatic carbocycles. The molecular weight excluding hydrogens is 266 g/mol. The molecule has 0 atom stereocenters. The monoisotopic (exact) mass is 295 g/mol. The Bertz CT molecular complexity index is 204. The van der Waals surface area contributed by atoms with Crippen LogP contribution in [0.5, 0.6) is 0 Å². The van der Waals surface area contributed by atoms with Gasteiger partial charge in [0.1, 0.15) is 0 Å². The number of hydrogen-bond acceptors (Lipinski definition) is 6. The first-order valence-corrected chi connectivity index (χ1v) is 7.86. The van der Waals surface area contributed by atoms with E-state index in [9.17, 15) is 0 Å². The van der Waals surface area contributed by atoms with Crippen molar-refractivity contribution in [1.29, 1.82) is 0 Å². The van der Waals surface area contributed by atoms with Gasteiger partial charge < -0.3 is 30.2 Å². The maximum absolute atomic E-state index is 8.34. The van der Waals surface area contributed by atoms with E-state index < -0.39 is 25.4 Å². The summed E-state index contributed by atoms with van der Waals surface area (Å²) in [5.41, 5.74) is 5.03. The summed E-state index contributed by atoms with van der Waals surface area (Å²) in [4.78, 5) is 0. The quantitative estimate of drug-likeness (QED) is 0.229. The second-order valence-corrected chi connectivity index (χ2v) is 6.24. The molecule has 5 N–H and O–H groups in total. The Hall–Kier alpha value is -0.283. The Balaban J connectivity index is 0. The Morgan fingerprint density at radius 3 is 2.11 bits per heavy atom. The molecule has 0 aliphatic heterocycles. The summed E-state index contributed by atoms with van der Waals surface area (Å²) in [6.07, 6.45) is 1.13. The molecule has 0 unspecified atom stereocenters. The van der Waals surface area contributed by atoms with E-state index in [0.29, 0.717) is 6.61 Å². The summed E-state index contributed by atoms with van der Waals surface area (Å²) in [7, 11) is 1.55. The zero-order valence-corrected chi connectivity index (χ0v) is 13.5. The van der Waals surface area contributed by atoms with Crippen LogP contribution in [-0.2, 0) is 9.16 Å². The van der Waals surface area contributed by atoms with E-state index in [4.69, 9.17) is 30.2 Å². The van der Waals surface area contributed by atoms with Gasteiger partial charge in [0, 0.05) is 13.7 Å². The van der Waals surface area contributed by atoms with Crippen molar-refractivity contribution in [3.05, 3.63) is 12.2 Å². The summed E-state index contributed by atoms with van der Waals surface area (Å²) < 4.78 is 10.3. The maximum atomic E-state index is 8.34. The molecule has 0 radical (unpaired) electrons. The minimum atomic E-state index is -1.21. The molecule has 0 amide bonds. The zero-order chi connectivity index (χ0) is 15.1. The summed E-state index contributed by atoms with van der Waals surface area (Å²) >= 11 is 0. The highest BCUT2D eigenvalue weighted by Gasteiger charge is 2.20. The fraction of sp³-hybridized carbons (Fsp3) is 0.833. The topological polar surface area (TPSA) is 105 Å². The van der Waals surface area contributed by atoms with Gasteiger partial charge in [0.15, 0.2) is 9.76 Å². The average molecular weight is 295 g/mol. The molecule has 0 rings (SSSR count). The second kappa shape index (κ2) is 14.1. The molecule has 6 nitrogen and oxygen atoms in total. The highest BCUT2D eigenvalue weighted by atomic mass is 28.2. The third-order valence-electron chi connectivity index (χ3n) is 2.18. The van der Waals surface area contributed by atoms with Gasteiger partial charge >= 0.3 is 0 Å². The number of aliphatic hydroxyl groups excluding tert-OH is 3. The highest BCUT2D eigenvalue weighted by molar-refractivity contribution is 6.26. The Kier molecular flexibility index (Phi) is 15.6. The number of aliphatic hydroxyl groups is 3. The van der Waals surface area contributed by atoms with E-state index in [1.165, 1.54) is 6.04 Å². The fourth-order valence-electron chi connectivity index (χ4n) is 0.847. The van der Waals surface area contributed by atoms with Crippen molar-refractivity contribution in [3.8, 4) is 0 Å². The van der Waals surface area contributed by atoms with Crippen LogP contribution in [0.2, 0.25) is 6.04 Å². The van der Waals surface area contributed by atoms with E-state index in [1.54, 1.807) is 7.11 Å². The van der Waals surface area contributed by atoms with Crippen LogP contribution in [0.25, 0.3) is 0 Å². The lowest BCUT2D eigenvalue weighted by molar-refractivity contribution is 0.0698. The van der Waals surface area contributed by atoms with Gasteiger partial charge in [0.25, 0.3) is 0 Å². The fourth-order valence-corrected chi connectivity index (χ4v) is 1.54. The lowest BCUT2D eigenvalue weighted by Gasteiger charge is -2.20. The van der Waals surface area contributed by atoms with E-state index in [0.717, 1.165) is 18.6 Å². The Morgan fingerprint density at radius 2 is 1.79 bits per heavy atom. The predicted molar refractivity (Wildman–Crippen MR) is 78.8 cm³/mol. The molecule has 0 aromatic rings. The van der Waals surface area contributed by atoms with Crippen LogP contribution < -0.4 is 5.73 Å². The normalized spacial score (nSPS) is 11.5. The Morgan fingerprint density at radius 1 is 1.26 bits per heavy atom. The molecule has 7 heteroatoms. The number of rotatable bonds is 10. The molecule has 0 aliphatic carbocycles. The summed E-state index contributed by atoms with van der Waals surface area (Å²) in [5.74, 6) is 0. The lowest BCUT2D eigenvalue weighted by Crippen LogP contribution is -2.50. The molecule has 0 aromatic heterocycles. The maximum Gasteiger partial charge on any atom is 0.161 e. The zero-order valence-electron chi connectivity index (χ0n) is 12.1. The summed E-state index contributed by atoms with van der Waals surface area (Å²) in [6.45, 7) is 6.07. The first kappa shape index (κ1) is 21.0. The Labute approximate surface area is 118 Å². The van der Waals surface area contributed by atoms with E-state index >= 15 is 0 Å². The van der Waals surface area contributed by atoms with Crippen molar-refractivity contribution in [2.75, 3.05) is 40.1 Å². The number of nitrogens with two attached hydrogens (primary N) is 1. The highest BCUT2D eigenvalue weighted by Crippen LogP contribution is 1.94. The van der Waals surface area contributed by atoms with Crippen LogP contribution in [0, 0.1) is 0 Å². The van der Waals surface area contributed by atoms with Gasteiger partial charge in [-0.1, -0.05) is 12.2 Å². The van der Waals surface area contributed by atoms with Crippen molar-refractivity contribution in [2.24, 2.45) is 5.73 Å². The van der Waals surface area contributed by atoms with Gasteiger partial charge in [-0.05, 0) is 19.4 Å². The summed E-state index contributed by atoms with van der Waals surface area (Å²) in [5, 5.41) is 25.0. The average Bonchev–Trinajstić information content (AvgIpc) is 2.42. The van der Waals surface area contributed by atoms with E-state index in [1.807, 2.05) is 6.92 Å². The largest absolute Gasteiger partial charge is 0.427 e. The van der Waals surface area contributed by atoms with Crippen LogP contribution in [0.3, 0.4) is 0 Å². The van der Waals surface area contributed by atoms with Crippen molar-refractivity contribution in [1.82, 2.24) is 0 Å². The number of hydrogen-bond donors (Lipinski definition) is 4. The molecule has 19 heavy (non-hydrogen) atoms. The molecule has 0 saturated heterocycles. The van der Waals surface area contributed by atoms with Crippen LogP contribution >= 0.6 is 0 Å². The SMILES string of the molecule is C=C(C)COCCC[SiH2]OC.NC(CO)(CO)CO. The van der Waals surface area contributed by atoms with Gasteiger partial charge in [0.05, 0.1) is 32.0 Å². The standard InChI is InChI=1S/C8H18O2Si.C4H11NO3/c1-8(2)7-10-5-4-6-11-9-3;5-4(1-6,2-7)3-8/h1,4-7,11H2,2-3H3;6-8H,1-3,5H2. The smallest absolute Gasteiger partial charge is 0.161 e. The van der Waals surface area contributed by atoms with Gasteiger partial charge in [0.2, 0.25) is 0 Å². The van der Waals surface area contributed by atoms with Crippen molar-refractivity contribution < 1.29 is 24.5 Å². The number of ether oxygens (including phenoxy) is 1. The molecule has 0 aliphatic rings. The van der Waals surface area contributed by atoms with Crippen molar-refractivity contribution in [3.63, 3.8) is 0 Å². The summed E-state index contributed by atoms with van der Waals surface area (Å²) in [6, 6.07) is 1.21. The van der Waals surface area contributed by atoms with Crippen LogP contribution in [0.15, 0.2) is 12.2 Å². The molecule has 0 bridgehead atoms. The van der Waals surface area contributed by atoms with Gasteiger partial charge in [-0.2, -0.15) is 0 Å². The lowest BCUT2D eigenvalue weighted by atomic mass is 10.1. The van der Waals surface area contributed by atoms with Crippen molar-refractivity contribution >= 4 is 9.76 Å². The molecule has 0 heterocycles. The molecule has 0 spiro atoms. The van der Waals surface area contributed by atoms with E-state index in [2.05, 4.69) is 6.58 Å². The first-order valence-electron chi connectivity index (χ1n) is 6.28. The molecule has 116 valence electrons. The molecule has 0 fully saturated rings. The minimum Gasteiger partial charge on any atom is -0.427 e. The first-order chi connectivity index (χ1) is 8.95. The van der Waals surface area contributed by atoms with Crippen LogP contribution in [0.4, 0.5) is 0 Å². The van der Waals surface area contributed by atoms with Crippen LogP contribution in [-0.4, -0.2) is 70.8 Å². The van der Waals surface area contributed by atoms with Gasteiger partial charge in [-0.15, -0.1) is 0 Å². The minimum absolute atomic E-state index is 0.228. The van der Waals surface area contributed by atoms with Gasteiger partial charge in [-0.25, -0.2) is 0 Å². The predicted octanol–water partition coefficient (Wildman–Crippen LogP) is -1.22. The van der Waals surface area contributed by atoms with Gasteiger partial charge in [-0.3, -0.25) is 0 Å². The molecule has 0 saturated carbocycles. The second-order valence-electron chi connectivity index (χ2n) is 4.55. The van der Waals surface area contributed by atoms with Crippen LogP contribution in [0.1, 0.15) is 13.3 Å². The van der Waals surface area contributed by atoms with E-state index in [-0.39, 0.29) is 9.76 Å². The molecular formula is C12H29NO5Si. The third-order valence-corrected chi connectivity index (χ3v) is 3.38. The van der Waals surface area contributed by atoms with Crippen molar-refractivity contribution in [2.45, 2.75) is 24.9 Å².